The van der Waals surface area contributed by atoms with Gasteiger partial charge in [0.1, 0.15) is 36.7 Å². The highest BCUT2D eigenvalue weighted by Gasteiger charge is 2.53. The summed E-state index contributed by atoms with van der Waals surface area (Å²) in [5.41, 5.74) is -4.01. The topological polar surface area (TPSA) is 243 Å². The fourth-order valence-corrected chi connectivity index (χ4v) is 11.3. The van der Waals surface area contributed by atoms with Crippen molar-refractivity contribution in [1.82, 2.24) is 15.1 Å². The van der Waals surface area contributed by atoms with Gasteiger partial charge in [-0.25, -0.2) is 12.8 Å². The molecule has 0 spiro atoms. The van der Waals surface area contributed by atoms with E-state index in [1.54, 1.807) is 74.7 Å². The Morgan fingerprint density at radius 2 is 1.63 bits per heavy atom. The second kappa shape index (κ2) is 24.7. The molecule has 0 aliphatic carbocycles. The van der Waals surface area contributed by atoms with Crippen molar-refractivity contribution in [2.45, 2.75) is 209 Å². The number of benzene rings is 1. The summed E-state index contributed by atoms with van der Waals surface area (Å²) in [7, 11) is 1.62. The van der Waals surface area contributed by atoms with Gasteiger partial charge in [-0.2, -0.15) is 0 Å². The first-order chi connectivity index (χ1) is 32.4. The third-order valence-corrected chi connectivity index (χ3v) is 16.3. The third-order valence-electron chi connectivity index (χ3n) is 15.2. The number of rotatable bonds is 15. The molecule has 3 aliphatic rings. The van der Waals surface area contributed by atoms with Crippen LogP contribution in [0.5, 0.6) is 0 Å². The van der Waals surface area contributed by atoms with Gasteiger partial charge in [0.15, 0.2) is 22.4 Å². The van der Waals surface area contributed by atoms with Gasteiger partial charge in [-0.05, 0) is 112 Å². The van der Waals surface area contributed by atoms with Crippen LogP contribution in [0.1, 0.15) is 107 Å². The second-order valence-electron chi connectivity index (χ2n) is 21.5. The normalized spacial score (nSPS) is 40.5. The number of nitrogens with one attached hydrogen (secondary N) is 1. The molecule has 20 heteroatoms. The summed E-state index contributed by atoms with van der Waals surface area (Å²) < 4.78 is 75.9. The Morgan fingerprint density at radius 1 is 1.00 bits per heavy atom. The van der Waals surface area contributed by atoms with Gasteiger partial charge in [-0.1, -0.05) is 32.9 Å². The van der Waals surface area contributed by atoms with Gasteiger partial charge in [0.2, 0.25) is 5.91 Å². The van der Waals surface area contributed by atoms with Crippen LogP contribution in [-0.2, 0) is 54.3 Å². The molecule has 70 heavy (non-hydrogen) atoms. The highest BCUT2D eigenvalue weighted by atomic mass is 32.2. The van der Waals surface area contributed by atoms with Crippen LogP contribution in [-0.4, -0.2) is 199 Å². The first kappa shape index (κ1) is 60.1. The zero-order valence-electron chi connectivity index (χ0n) is 43.9. The minimum atomic E-state index is -3.41. The van der Waals surface area contributed by atoms with Crippen molar-refractivity contribution < 1.29 is 76.4 Å². The number of amides is 1. The lowest BCUT2D eigenvalue weighted by molar-refractivity contribution is -0.318. The van der Waals surface area contributed by atoms with Crippen molar-refractivity contribution in [3.05, 3.63) is 29.8 Å². The average Bonchev–Trinajstić information content (AvgIpc) is 3.28. The number of methoxy groups -OCH3 is 1. The fraction of sp³-hybridized carbons (Fsp3) is 0.840. The number of aliphatic hydroxyl groups is 5. The quantitative estimate of drug-likeness (QED) is 0.138. The molecule has 4 rings (SSSR count). The number of sulfone groups is 1. The molecule has 1 aromatic rings. The fourth-order valence-electron chi connectivity index (χ4n) is 10.7. The summed E-state index contributed by atoms with van der Waals surface area (Å²) in [6, 6.07) is 4.00. The number of esters is 1. The molecule has 0 bridgehead atoms. The number of hydrogen-bond acceptors (Lipinski definition) is 17. The molecule has 1 amide bonds. The van der Waals surface area contributed by atoms with Crippen molar-refractivity contribution in [1.29, 1.82) is 0 Å². The number of hydrogen-bond donors (Lipinski definition) is 6. The molecule has 1 aromatic carbocycles. The summed E-state index contributed by atoms with van der Waals surface area (Å²) >= 11 is 0. The van der Waals surface area contributed by atoms with Gasteiger partial charge in [0, 0.05) is 57.3 Å². The Kier molecular flexibility index (Phi) is 21.2. The molecule has 18 nitrogen and oxygen atoms in total. The lowest BCUT2D eigenvalue weighted by Crippen LogP contribution is -2.61. The van der Waals surface area contributed by atoms with Crippen molar-refractivity contribution in [2.24, 2.45) is 17.8 Å². The number of aliphatic hydroxyl groups excluding tert-OH is 3. The van der Waals surface area contributed by atoms with Gasteiger partial charge < -0.3 is 69.1 Å². The van der Waals surface area contributed by atoms with Crippen LogP contribution < -0.4 is 5.32 Å². The first-order valence-electron chi connectivity index (χ1n) is 24.8. The number of ether oxygens (including phenoxy) is 6. The summed E-state index contributed by atoms with van der Waals surface area (Å²) in [5, 5.41) is 62.1. The average molecular weight is 1020 g/mol. The van der Waals surface area contributed by atoms with E-state index in [0.29, 0.717) is 18.5 Å². The van der Waals surface area contributed by atoms with Gasteiger partial charge in [-0.3, -0.25) is 9.59 Å². The van der Waals surface area contributed by atoms with Crippen molar-refractivity contribution in [3.8, 4) is 0 Å². The van der Waals surface area contributed by atoms with Crippen LogP contribution in [0.4, 0.5) is 4.39 Å². The summed E-state index contributed by atoms with van der Waals surface area (Å²) in [6.45, 7) is 16.8. The van der Waals surface area contributed by atoms with E-state index in [1.807, 2.05) is 23.6 Å². The maximum Gasteiger partial charge on any atom is 0.311 e. The van der Waals surface area contributed by atoms with Crippen LogP contribution >= 0.6 is 0 Å². The van der Waals surface area contributed by atoms with E-state index in [4.69, 9.17) is 28.4 Å². The van der Waals surface area contributed by atoms with Crippen LogP contribution in [0.3, 0.4) is 0 Å². The lowest BCUT2D eigenvalue weighted by Gasteiger charge is -2.49. The van der Waals surface area contributed by atoms with Gasteiger partial charge in [-0.15, -0.1) is 0 Å². The molecule has 404 valence electrons. The minimum Gasteiger partial charge on any atom is -0.459 e. The van der Waals surface area contributed by atoms with Crippen molar-refractivity contribution in [2.75, 3.05) is 47.2 Å². The second-order valence-corrected chi connectivity index (χ2v) is 23.5. The molecule has 19 atom stereocenters. The maximum atomic E-state index is 14.4. The van der Waals surface area contributed by atoms with Crippen LogP contribution in [0, 0.1) is 17.8 Å². The molecular weight excluding hydrogens is 934 g/mol. The van der Waals surface area contributed by atoms with E-state index < -0.39 is 137 Å². The number of carbonyl (C=O) groups is 2. The highest BCUT2D eigenvalue weighted by Crippen LogP contribution is 2.40. The molecule has 3 saturated heterocycles. The first-order valence-corrected chi connectivity index (χ1v) is 26.7. The molecule has 3 fully saturated rings. The smallest absolute Gasteiger partial charge is 0.311 e. The van der Waals surface area contributed by atoms with Gasteiger partial charge in [0.05, 0.1) is 52.5 Å². The molecule has 3 aliphatic heterocycles. The summed E-state index contributed by atoms with van der Waals surface area (Å²) in [5.74, 6) is -3.42. The number of carbonyl (C=O) groups excluding carboxylic acids is 2. The van der Waals surface area contributed by atoms with E-state index >= 15 is 0 Å². The summed E-state index contributed by atoms with van der Waals surface area (Å²) in [6.07, 6.45) is -8.82. The van der Waals surface area contributed by atoms with E-state index in [-0.39, 0.29) is 49.5 Å². The van der Waals surface area contributed by atoms with Crippen LogP contribution in [0.15, 0.2) is 29.2 Å². The molecule has 0 aromatic heterocycles. The zero-order chi connectivity index (χ0) is 52.8. The number of halogens is 1. The Balaban J connectivity index is 1.65. The van der Waals surface area contributed by atoms with E-state index in [9.17, 15) is 47.9 Å². The SMILES string of the molecule is CC[C@H]1OC(=O)[C@H](C)[C@@H](O[C@H]2CC(C)(OC)[C@@H](O)[C@H](C)O2)[C@H](C)[C@@H](O[C@@H]2O[C@H](C)C[C@H](N(C)CCC(=O)N[C@H](CF)Cc3ccc(S(C)(=O)=O)cc3)[C@H]2O)C(C)(O)C[C@@H](C)CN(C)[C@H](C)[C@@H](O)C1(C)O. The molecule has 3 heterocycles. The predicted molar refractivity (Wildman–Crippen MR) is 259 cm³/mol. The zero-order valence-corrected chi connectivity index (χ0v) is 44.7. The van der Waals surface area contributed by atoms with Gasteiger partial charge >= 0.3 is 5.97 Å². The maximum absolute atomic E-state index is 14.4. The monoisotopic (exact) mass is 1020 g/mol. The number of cyclic esters (lactones) is 1. The minimum absolute atomic E-state index is 0.0390. The standard InChI is InChI=1S/C50H86FN3O15S/c1-15-38-50(10,61)43(57)32(6)54(12)27-28(2)24-48(8,60)45(30(4)42(31(5)46(59)67-38)68-40-25-49(9,64-13)44(58)33(7)66-40)69-47-41(56)37(22-29(3)65-47)53(11)21-20-39(55)52-35(26-51)23-34-16-18-36(19-17-34)70(14,62)63/h16-19,28-33,35,37-38,40-45,47,56-58,60-61H,15,20-27H2,1-14H3,(H,52,55)/t28-,29-,30+,31-,32-,33+,35+,37+,38-,40+,41-,42+,43-,44+,45-,47+,48?,49?,50?/m1/s1. The van der Waals surface area contributed by atoms with Crippen molar-refractivity contribution in [3.63, 3.8) is 0 Å². The Morgan fingerprint density at radius 3 is 2.20 bits per heavy atom. The predicted octanol–water partition coefficient (Wildman–Crippen LogP) is 2.76. The number of likely N-dealkylation sites (N-methyl/N-ethyl adjacent to an activating group) is 2. The Hall–Kier alpha value is -2.44. The third kappa shape index (κ3) is 14.9. The number of nitrogens with zero attached hydrogens (tertiary/aromatic N) is 2. The highest BCUT2D eigenvalue weighted by molar-refractivity contribution is 7.90. The van der Waals surface area contributed by atoms with E-state index in [1.165, 1.54) is 26.2 Å². The lowest BCUT2D eigenvalue weighted by atomic mass is 9.77. The largest absolute Gasteiger partial charge is 0.459 e. The van der Waals surface area contributed by atoms with Crippen molar-refractivity contribution >= 4 is 21.7 Å². The van der Waals surface area contributed by atoms with E-state index in [2.05, 4.69) is 5.32 Å². The molecule has 3 unspecified atom stereocenters. The Bertz CT molecular complexity index is 1950. The van der Waals surface area contributed by atoms with Crippen LogP contribution in [0.2, 0.25) is 0 Å². The molecular formula is C50H86FN3O15S. The molecule has 6 N–H and O–H groups in total. The number of alkyl halides is 1. The van der Waals surface area contributed by atoms with E-state index in [0.717, 1.165) is 6.26 Å². The molecule has 0 radical (unpaired) electrons. The summed E-state index contributed by atoms with van der Waals surface area (Å²) in [4.78, 5) is 31.5. The van der Waals surface area contributed by atoms with Crippen LogP contribution in [0.25, 0.3) is 0 Å². The Labute approximate surface area is 415 Å². The van der Waals surface area contributed by atoms with Gasteiger partial charge in [0.25, 0.3) is 0 Å². The molecule has 0 saturated carbocycles.